The van der Waals surface area contributed by atoms with Crippen molar-refractivity contribution in [3.8, 4) is 11.1 Å². The number of hydrogen-bond donors (Lipinski definition) is 2. The number of nitrogens with zero attached hydrogens (tertiary/aromatic N) is 2. The zero-order valence-corrected chi connectivity index (χ0v) is 20.0. The number of aliphatic hydroxyl groups is 1. The molecule has 0 unspecified atom stereocenters. The molecule has 0 bridgehead atoms. The fraction of sp³-hybridized carbons (Fsp3) is 0.345. The van der Waals surface area contributed by atoms with E-state index in [1.54, 1.807) is 12.1 Å². The molecule has 35 heavy (non-hydrogen) atoms. The predicted octanol–water partition coefficient (Wildman–Crippen LogP) is 5.26. The van der Waals surface area contributed by atoms with Crippen LogP contribution < -0.4 is 5.32 Å². The molecule has 6 heteroatoms. The van der Waals surface area contributed by atoms with Crippen LogP contribution in [0, 0.1) is 12.7 Å². The largest absolute Gasteiger partial charge is 0.395 e. The van der Waals surface area contributed by atoms with Crippen LogP contribution in [0.2, 0.25) is 0 Å². The molecule has 182 valence electrons. The number of benzene rings is 3. The highest BCUT2D eigenvalue weighted by Crippen LogP contribution is 2.42. The van der Waals surface area contributed by atoms with Crippen molar-refractivity contribution in [3.05, 3.63) is 89.7 Å². The molecule has 0 spiro atoms. The van der Waals surface area contributed by atoms with E-state index in [2.05, 4.69) is 65.7 Å². The lowest BCUT2D eigenvalue weighted by Gasteiger charge is -2.57. The van der Waals surface area contributed by atoms with Crippen LogP contribution in [0.1, 0.15) is 29.9 Å². The summed E-state index contributed by atoms with van der Waals surface area (Å²) >= 11 is 0. The Kier molecular flexibility index (Phi) is 6.84. The Hall–Kier alpha value is -3.22. The van der Waals surface area contributed by atoms with Crippen molar-refractivity contribution in [3.63, 3.8) is 0 Å². The molecule has 2 amide bonds. The summed E-state index contributed by atoms with van der Waals surface area (Å²) in [6, 6.07) is 22.9. The van der Waals surface area contributed by atoms with Crippen LogP contribution in [0.5, 0.6) is 0 Å². The fourth-order valence-electron chi connectivity index (χ4n) is 5.64. The van der Waals surface area contributed by atoms with Gasteiger partial charge in [0, 0.05) is 36.8 Å². The highest BCUT2D eigenvalue weighted by molar-refractivity contribution is 5.89. The lowest BCUT2D eigenvalue weighted by Crippen LogP contribution is -2.68. The Morgan fingerprint density at radius 3 is 2.43 bits per heavy atom. The molecule has 0 radical (unpaired) electrons. The van der Waals surface area contributed by atoms with Crippen LogP contribution in [-0.4, -0.2) is 59.3 Å². The lowest BCUT2D eigenvalue weighted by molar-refractivity contribution is -0.0585. The number of aryl methyl sites for hydroxylation is 1. The van der Waals surface area contributed by atoms with Crippen molar-refractivity contribution in [2.45, 2.75) is 37.8 Å². The van der Waals surface area contributed by atoms with Crippen molar-refractivity contribution < 1.29 is 14.3 Å². The first-order chi connectivity index (χ1) is 17.0. The number of hydrogen-bond acceptors (Lipinski definition) is 3. The number of carbonyl (C=O) groups is 1. The summed E-state index contributed by atoms with van der Waals surface area (Å²) in [5.74, 6) is -0.171. The van der Waals surface area contributed by atoms with E-state index >= 15 is 0 Å². The molecule has 5 nitrogen and oxygen atoms in total. The van der Waals surface area contributed by atoms with Crippen LogP contribution in [0.25, 0.3) is 11.1 Å². The van der Waals surface area contributed by atoms with Gasteiger partial charge in [-0.05, 0) is 72.8 Å². The molecule has 2 aliphatic heterocycles. The lowest BCUT2D eigenvalue weighted by atomic mass is 9.74. The molecule has 2 saturated heterocycles. The summed E-state index contributed by atoms with van der Waals surface area (Å²) in [6.07, 6.45) is 1.89. The van der Waals surface area contributed by atoms with Gasteiger partial charge in [-0.2, -0.15) is 0 Å². The van der Waals surface area contributed by atoms with E-state index in [0.717, 1.165) is 19.4 Å². The third kappa shape index (κ3) is 4.81. The first kappa shape index (κ1) is 23.5. The van der Waals surface area contributed by atoms with Gasteiger partial charge >= 0.3 is 6.03 Å². The average Bonchev–Trinajstić information content (AvgIpc) is 2.85. The Bertz CT molecular complexity index is 1170. The minimum absolute atomic E-state index is 0.0596. The second-order valence-corrected chi connectivity index (χ2v) is 9.61. The zero-order chi connectivity index (χ0) is 24.4. The maximum absolute atomic E-state index is 13.2. The van der Waals surface area contributed by atoms with Gasteiger partial charge in [0.15, 0.2) is 0 Å². The Labute approximate surface area is 206 Å². The molecule has 3 atom stereocenters. The topological polar surface area (TPSA) is 55.8 Å². The molecule has 2 heterocycles. The van der Waals surface area contributed by atoms with Gasteiger partial charge in [0.25, 0.3) is 0 Å². The molecule has 0 aromatic heterocycles. The van der Waals surface area contributed by atoms with Gasteiger partial charge < -0.3 is 15.3 Å². The number of halogens is 1. The van der Waals surface area contributed by atoms with Gasteiger partial charge in [-0.15, -0.1) is 0 Å². The normalized spacial score (nSPS) is 22.5. The molecular formula is C29H32FN3O2. The number of fused-ring (bicyclic) bond motifs is 1. The van der Waals surface area contributed by atoms with Crippen molar-refractivity contribution in [2.24, 2.45) is 0 Å². The zero-order valence-electron chi connectivity index (χ0n) is 20.0. The summed E-state index contributed by atoms with van der Waals surface area (Å²) in [4.78, 5) is 17.3. The number of urea groups is 1. The number of aliphatic hydroxyl groups excluding tert-OH is 1. The van der Waals surface area contributed by atoms with E-state index in [-0.39, 0.29) is 36.5 Å². The number of amides is 2. The van der Waals surface area contributed by atoms with E-state index < -0.39 is 0 Å². The van der Waals surface area contributed by atoms with Gasteiger partial charge in [0.05, 0.1) is 6.61 Å². The summed E-state index contributed by atoms with van der Waals surface area (Å²) in [6.45, 7) is 4.42. The first-order valence-corrected chi connectivity index (χ1v) is 12.4. The van der Waals surface area contributed by atoms with Crippen LogP contribution in [0.3, 0.4) is 0 Å². The summed E-state index contributed by atoms with van der Waals surface area (Å²) in [5, 5.41) is 13.1. The first-order valence-electron chi connectivity index (χ1n) is 12.4. The number of anilines is 1. The third-order valence-corrected chi connectivity index (χ3v) is 7.50. The van der Waals surface area contributed by atoms with Gasteiger partial charge in [0.1, 0.15) is 5.82 Å². The average molecular weight is 474 g/mol. The predicted molar refractivity (Wildman–Crippen MR) is 137 cm³/mol. The summed E-state index contributed by atoms with van der Waals surface area (Å²) in [5.41, 5.74) is 5.43. The fourth-order valence-corrected chi connectivity index (χ4v) is 5.64. The Morgan fingerprint density at radius 2 is 1.71 bits per heavy atom. The molecule has 2 aliphatic rings. The van der Waals surface area contributed by atoms with Crippen molar-refractivity contribution in [2.75, 3.05) is 31.6 Å². The molecule has 3 aromatic rings. The molecule has 3 aromatic carbocycles. The number of rotatable bonds is 4. The van der Waals surface area contributed by atoms with E-state index in [0.29, 0.717) is 18.8 Å². The summed E-state index contributed by atoms with van der Waals surface area (Å²) < 4.78 is 13.2. The van der Waals surface area contributed by atoms with E-state index in [1.807, 2.05) is 4.90 Å². The smallest absolute Gasteiger partial charge is 0.321 e. The van der Waals surface area contributed by atoms with Crippen molar-refractivity contribution in [1.29, 1.82) is 0 Å². The van der Waals surface area contributed by atoms with Gasteiger partial charge in [-0.25, -0.2) is 9.18 Å². The maximum Gasteiger partial charge on any atom is 0.321 e. The number of nitrogens with one attached hydrogen (secondary N) is 1. The van der Waals surface area contributed by atoms with E-state index in [4.69, 9.17) is 0 Å². The SMILES string of the molecule is Cc1ccccc1-c1ccc([C@H]2[C@@H](CO)N3CCCCN(C(=O)Nc4ccc(F)cc4)C[C@H]23)cc1. The molecule has 2 fully saturated rings. The van der Waals surface area contributed by atoms with Gasteiger partial charge in [-0.1, -0.05) is 48.5 Å². The molecule has 0 aliphatic carbocycles. The van der Waals surface area contributed by atoms with Crippen molar-refractivity contribution >= 4 is 11.7 Å². The molecule has 0 saturated carbocycles. The third-order valence-electron chi connectivity index (χ3n) is 7.50. The Morgan fingerprint density at radius 1 is 1.00 bits per heavy atom. The monoisotopic (exact) mass is 473 g/mol. The highest BCUT2D eigenvalue weighted by atomic mass is 19.1. The summed E-state index contributed by atoms with van der Waals surface area (Å²) in [7, 11) is 0. The minimum atomic E-state index is -0.328. The highest BCUT2D eigenvalue weighted by Gasteiger charge is 2.49. The standard InChI is InChI=1S/C29H32FN3O2/c1-20-6-2-3-7-25(20)21-8-10-22(11-9-21)28-26-18-32(16-4-5-17-33(26)27(28)19-34)29(35)31-24-14-12-23(30)13-15-24/h2-3,6-15,26-28,34H,4-5,16-19H2,1H3,(H,31,35)/t26-,27-,28-/m1/s1. The van der Waals surface area contributed by atoms with E-state index in [1.165, 1.54) is 34.4 Å². The van der Waals surface area contributed by atoms with Crippen LogP contribution in [0.4, 0.5) is 14.9 Å². The Balaban J connectivity index is 1.35. The van der Waals surface area contributed by atoms with Crippen LogP contribution in [-0.2, 0) is 0 Å². The van der Waals surface area contributed by atoms with Crippen LogP contribution in [0.15, 0.2) is 72.8 Å². The number of carbonyl (C=O) groups excluding carboxylic acids is 1. The quantitative estimate of drug-likeness (QED) is 0.544. The van der Waals surface area contributed by atoms with E-state index in [9.17, 15) is 14.3 Å². The minimum Gasteiger partial charge on any atom is -0.395 e. The van der Waals surface area contributed by atoms with Gasteiger partial charge in [-0.3, -0.25) is 4.90 Å². The van der Waals surface area contributed by atoms with Crippen molar-refractivity contribution in [1.82, 2.24) is 9.80 Å². The van der Waals surface area contributed by atoms with Crippen LogP contribution >= 0.6 is 0 Å². The maximum atomic E-state index is 13.2. The van der Waals surface area contributed by atoms with Gasteiger partial charge in [0.2, 0.25) is 0 Å². The second-order valence-electron chi connectivity index (χ2n) is 9.61. The molecular weight excluding hydrogens is 441 g/mol. The molecule has 5 rings (SSSR count). The second kappa shape index (κ2) is 10.2. The molecule has 2 N–H and O–H groups in total.